The van der Waals surface area contributed by atoms with Gasteiger partial charge in [-0.3, -0.25) is 4.79 Å². The van der Waals surface area contributed by atoms with Crippen molar-refractivity contribution in [3.8, 4) is 12.3 Å². The standard InChI is InChI=1S/C13H21NO/c1-4-5-6-7-12(15)13(11(2)3)8-9-14-10-13/h1,11,14H,5-10H2,2-3H3. The molecule has 0 radical (unpaired) electrons. The first-order valence-electron chi connectivity index (χ1n) is 5.81. The van der Waals surface area contributed by atoms with Gasteiger partial charge in [-0.15, -0.1) is 12.3 Å². The predicted octanol–water partition coefficient (Wildman–Crippen LogP) is 1.99. The summed E-state index contributed by atoms with van der Waals surface area (Å²) in [4.78, 5) is 12.2. The predicted molar refractivity (Wildman–Crippen MR) is 62.4 cm³/mol. The Hall–Kier alpha value is -0.810. The highest BCUT2D eigenvalue weighted by Crippen LogP contribution is 2.36. The normalized spacial score (nSPS) is 25.5. The number of rotatable bonds is 5. The summed E-state index contributed by atoms with van der Waals surface area (Å²) < 4.78 is 0. The van der Waals surface area contributed by atoms with Gasteiger partial charge in [0, 0.05) is 24.8 Å². The van der Waals surface area contributed by atoms with Crippen molar-refractivity contribution in [1.29, 1.82) is 0 Å². The molecule has 0 amide bonds. The van der Waals surface area contributed by atoms with Crippen LogP contribution in [-0.4, -0.2) is 18.9 Å². The van der Waals surface area contributed by atoms with E-state index in [-0.39, 0.29) is 5.41 Å². The minimum Gasteiger partial charge on any atom is -0.316 e. The number of carbonyl (C=O) groups is 1. The Kier molecular flexibility index (Phi) is 4.35. The van der Waals surface area contributed by atoms with Crippen LogP contribution in [0.2, 0.25) is 0 Å². The van der Waals surface area contributed by atoms with Crippen LogP contribution in [0, 0.1) is 23.7 Å². The van der Waals surface area contributed by atoms with Gasteiger partial charge in [-0.05, 0) is 25.3 Å². The van der Waals surface area contributed by atoms with Crippen molar-refractivity contribution in [3.63, 3.8) is 0 Å². The summed E-state index contributed by atoms with van der Waals surface area (Å²) in [6, 6.07) is 0. The third kappa shape index (κ3) is 2.60. The number of nitrogens with one attached hydrogen (secondary N) is 1. The van der Waals surface area contributed by atoms with Gasteiger partial charge in [-0.1, -0.05) is 13.8 Å². The molecule has 0 saturated carbocycles. The van der Waals surface area contributed by atoms with Crippen LogP contribution in [0.4, 0.5) is 0 Å². The Balaban J connectivity index is 2.57. The number of hydrogen-bond acceptors (Lipinski definition) is 2. The highest BCUT2D eigenvalue weighted by atomic mass is 16.1. The first kappa shape index (κ1) is 12.3. The van der Waals surface area contributed by atoms with Crippen LogP contribution in [0.15, 0.2) is 0 Å². The lowest BCUT2D eigenvalue weighted by Crippen LogP contribution is -2.38. The Morgan fingerprint density at radius 3 is 2.80 bits per heavy atom. The molecule has 1 heterocycles. The molecule has 1 fully saturated rings. The molecule has 15 heavy (non-hydrogen) atoms. The molecule has 0 aromatic carbocycles. The summed E-state index contributed by atoms with van der Waals surface area (Å²) in [6.07, 6.45) is 8.37. The monoisotopic (exact) mass is 207 g/mol. The topological polar surface area (TPSA) is 29.1 Å². The van der Waals surface area contributed by atoms with E-state index in [1.807, 2.05) is 0 Å². The van der Waals surface area contributed by atoms with Crippen molar-refractivity contribution in [2.45, 2.75) is 39.5 Å². The fourth-order valence-corrected chi connectivity index (χ4v) is 2.36. The maximum atomic E-state index is 12.2. The van der Waals surface area contributed by atoms with Gasteiger partial charge in [0.25, 0.3) is 0 Å². The van der Waals surface area contributed by atoms with E-state index < -0.39 is 0 Å². The van der Waals surface area contributed by atoms with E-state index >= 15 is 0 Å². The molecule has 0 spiro atoms. The number of hydrogen-bond donors (Lipinski definition) is 1. The molecule has 1 atom stereocenters. The number of Topliss-reactive ketones (excluding diaryl/α,β-unsaturated/α-hetero) is 1. The molecular formula is C13H21NO. The molecule has 0 aliphatic carbocycles. The average molecular weight is 207 g/mol. The fraction of sp³-hybridized carbons (Fsp3) is 0.769. The molecule has 1 aliphatic rings. The number of terminal acetylenes is 1. The Morgan fingerprint density at radius 2 is 2.33 bits per heavy atom. The van der Waals surface area contributed by atoms with E-state index in [4.69, 9.17) is 6.42 Å². The SMILES string of the molecule is C#CCCCC(=O)C1(C(C)C)CCNC1. The van der Waals surface area contributed by atoms with Gasteiger partial charge in [-0.25, -0.2) is 0 Å². The van der Waals surface area contributed by atoms with Crippen molar-refractivity contribution < 1.29 is 4.79 Å². The average Bonchev–Trinajstić information content (AvgIpc) is 2.67. The number of carbonyl (C=O) groups excluding carboxylic acids is 1. The van der Waals surface area contributed by atoms with Crippen LogP contribution in [-0.2, 0) is 4.79 Å². The van der Waals surface area contributed by atoms with Crippen LogP contribution in [0.3, 0.4) is 0 Å². The third-order valence-electron chi connectivity index (χ3n) is 3.57. The van der Waals surface area contributed by atoms with Crippen molar-refractivity contribution >= 4 is 5.78 Å². The van der Waals surface area contributed by atoms with E-state index in [9.17, 15) is 4.79 Å². The van der Waals surface area contributed by atoms with Crippen LogP contribution < -0.4 is 5.32 Å². The molecule has 0 bridgehead atoms. The van der Waals surface area contributed by atoms with E-state index in [0.717, 1.165) is 25.9 Å². The molecule has 0 aromatic heterocycles. The zero-order valence-electron chi connectivity index (χ0n) is 9.81. The smallest absolute Gasteiger partial charge is 0.140 e. The third-order valence-corrected chi connectivity index (χ3v) is 3.57. The van der Waals surface area contributed by atoms with Gasteiger partial charge in [0.05, 0.1) is 0 Å². The first-order valence-corrected chi connectivity index (χ1v) is 5.81. The summed E-state index contributed by atoms with van der Waals surface area (Å²) in [5, 5.41) is 3.30. The molecular weight excluding hydrogens is 186 g/mol. The fourth-order valence-electron chi connectivity index (χ4n) is 2.36. The molecule has 0 aromatic rings. The number of ketones is 1. The molecule has 2 nitrogen and oxygen atoms in total. The molecule has 1 N–H and O–H groups in total. The highest BCUT2D eigenvalue weighted by Gasteiger charge is 2.42. The minimum absolute atomic E-state index is 0.116. The molecule has 1 aliphatic heterocycles. The van der Waals surface area contributed by atoms with Gasteiger partial charge >= 0.3 is 0 Å². The lowest BCUT2D eigenvalue weighted by Gasteiger charge is -2.31. The minimum atomic E-state index is -0.116. The van der Waals surface area contributed by atoms with Gasteiger partial charge in [0.1, 0.15) is 5.78 Å². The van der Waals surface area contributed by atoms with Crippen molar-refractivity contribution in [2.24, 2.45) is 11.3 Å². The molecule has 1 saturated heterocycles. The van der Waals surface area contributed by atoms with Gasteiger partial charge in [-0.2, -0.15) is 0 Å². The van der Waals surface area contributed by atoms with Crippen LogP contribution >= 0.6 is 0 Å². The summed E-state index contributed by atoms with van der Waals surface area (Å²) in [7, 11) is 0. The highest BCUT2D eigenvalue weighted by molar-refractivity contribution is 5.85. The maximum Gasteiger partial charge on any atom is 0.140 e. The van der Waals surface area contributed by atoms with E-state index in [1.54, 1.807) is 0 Å². The first-order chi connectivity index (χ1) is 7.13. The summed E-state index contributed by atoms with van der Waals surface area (Å²) in [5.41, 5.74) is -0.116. The van der Waals surface area contributed by atoms with E-state index in [1.165, 1.54) is 0 Å². The lowest BCUT2D eigenvalue weighted by molar-refractivity contribution is -0.130. The second-order valence-electron chi connectivity index (χ2n) is 4.72. The summed E-state index contributed by atoms with van der Waals surface area (Å²) in [6.45, 7) is 6.11. The quantitative estimate of drug-likeness (QED) is 0.552. The molecule has 2 heteroatoms. The van der Waals surface area contributed by atoms with Crippen molar-refractivity contribution in [1.82, 2.24) is 5.32 Å². The Bertz CT molecular complexity index is 256. The van der Waals surface area contributed by atoms with Crippen molar-refractivity contribution in [2.75, 3.05) is 13.1 Å². The van der Waals surface area contributed by atoms with Crippen LogP contribution in [0.1, 0.15) is 39.5 Å². The van der Waals surface area contributed by atoms with E-state index in [2.05, 4.69) is 25.1 Å². The largest absolute Gasteiger partial charge is 0.316 e. The maximum absolute atomic E-state index is 12.2. The molecule has 84 valence electrons. The lowest BCUT2D eigenvalue weighted by atomic mass is 9.72. The van der Waals surface area contributed by atoms with Gasteiger partial charge in [0.2, 0.25) is 0 Å². The second kappa shape index (κ2) is 5.32. The molecule has 1 unspecified atom stereocenters. The van der Waals surface area contributed by atoms with Crippen molar-refractivity contribution in [3.05, 3.63) is 0 Å². The van der Waals surface area contributed by atoms with E-state index in [0.29, 0.717) is 24.5 Å². The zero-order chi connectivity index (χ0) is 11.3. The second-order valence-corrected chi connectivity index (χ2v) is 4.72. The number of unbranched alkanes of at least 4 members (excludes halogenated alkanes) is 1. The summed E-state index contributed by atoms with van der Waals surface area (Å²) in [5.74, 6) is 3.41. The summed E-state index contributed by atoms with van der Waals surface area (Å²) >= 11 is 0. The Labute approximate surface area is 92.8 Å². The zero-order valence-corrected chi connectivity index (χ0v) is 9.81. The van der Waals surface area contributed by atoms with Crippen LogP contribution in [0.5, 0.6) is 0 Å². The van der Waals surface area contributed by atoms with Gasteiger partial charge < -0.3 is 5.32 Å². The van der Waals surface area contributed by atoms with Crippen LogP contribution in [0.25, 0.3) is 0 Å². The molecule has 1 rings (SSSR count). The van der Waals surface area contributed by atoms with Gasteiger partial charge in [0.15, 0.2) is 0 Å². The Morgan fingerprint density at radius 1 is 1.60 bits per heavy atom.